The van der Waals surface area contributed by atoms with Gasteiger partial charge in [-0.25, -0.2) is 4.98 Å². The van der Waals surface area contributed by atoms with Crippen molar-refractivity contribution >= 4 is 27.5 Å². The van der Waals surface area contributed by atoms with Gasteiger partial charge in [0, 0.05) is 30.0 Å². The molecule has 0 unspecified atom stereocenters. The summed E-state index contributed by atoms with van der Waals surface area (Å²) in [4.78, 5) is 7.79. The second-order valence-corrected chi connectivity index (χ2v) is 11.9. The van der Waals surface area contributed by atoms with Crippen molar-refractivity contribution in [3.05, 3.63) is 90.0 Å². The average Bonchev–Trinajstić information content (AvgIpc) is 3.27. The van der Waals surface area contributed by atoms with Crippen molar-refractivity contribution in [3.8, 4) is 17.1 Å². The van der Waals surface area contributed by atoms with Gasteiger partial charge in [0.2, 0.25) is 0 Å². The van der Waals surface area contributed by atoms with Crippen LogP contribution >= 0.6 is 0 Å². The van der Waals surface area contributed by atoms with Gasteiger partial charge in [0.25, 0.3) is 0 Å². The molecule has 0 aliphatic carbocycles. The van der Waals surface area contributed by atoms with Crippen LogP contribution in [0.2, 0.25) is 0 Å². The van der Waals surface area contributed by atoms with Gasteiger partial charge in [0.1, 0.15) is 5.82 Å². The predicted octanol–water partition coefficient (Wildman–Crippen LogP) is 8.01. The highest BCUT2D eigenvalue weighted by Crippen LogP contribution is 2.52. The van der Waals surface area contributed by atoms with Crippen LogP contribution < -0.4 is 4.90 Å². The molecule has 3 heterocycles. The van der Waals surface area contributed by atoms with Crippen molar-refractivity contribution in [1.82, 2.24) is 9.55 Å². The van der Waals surface area contributed by atoms with E-state index in [-0.39, 0.29) is 10.8 Å². The molecule has 3 nitrogen and oxygen atoms in total. The summed E-state index contributed by atoms with van der Waals surface area (Å²) in [6.07, 6.45) is 2.40. The Morgan fingerprint density at radius 1 is 0.750 bits per heavy atom. The van der Waals surface area contributed by atoms with Gasteiger partial charge >= 0.3 is 0 Å². The molecule has 1 aromatic heterocycles. The Morgan fingerprint density at radius 3 is 2.28 bits per heavy atom. The zero-order chi connectivity index (χ0) is 24.7. The van der Waals surface area contributed by atoms with Crippen molar-refractivity contribution < 1.29 is 0 Å². The average molecular weight is 472 g/mol. The maximum absolute atomic E-state index is 5.13. The van der Waals surface area contributed by atoms with Gasteiger partial charge in [-0.1, -0.05) is 70.2 Å². The number of hydrogen-bond acceptors (Lipinski definition) is 2. The molecular formula is C33H33N3. The van der Waals surface area contributed by atoms with E-state index in [1.165, 1.54) is 40.4 Å². The smallest absolute Gasteiger partial charge is 0.145 e. The fraction of sp³-hybridized carbons (Fsp3) is 0.303. The van der Waals surface area contributed by atoms with Crippen LogP contribution in [0.5, 0.6) is 0 Å². The molecule has 0 saturated carbocycles. The first-order valence-corrected chi connectivity index (χ1v) is 13.2. The third kappa shape index (κ3) is 3.08. The Labute approximate surface area is 213 Å². The summed E-state index contributed by atoms with van der Waals surface area (Å²) in [6.45, 7) is 12.0. The molecule has 2 aliphatic rings. The molecule has 0 spiro atoms. The third-order valence-electron chi connectivity index (χ3n) is 8.68. The summed E-state index contributed by atoms with van der Waals surface area (Å²) >= 11 is 0. The number of aromatic nitrogens is 2. The van der Waals surface area contributed by atoms with Gasteiger partial charge in [-0.2, -0.15) is 0 Å². The molecular weight excluding hydrogens is 438 g/mol. The van der Waals surface area contributed by atoms with E-state index in [2.05, 4.69) is 116 Å². The SMILES string of the molecule is CC1(C)CCN2CCC(C)(C)c3c2c1cc1cc(-c2nc4ccccc4n2-c2ccccc2)ccc31. The van der Waals surface area contributed by atoms with Crippen molar-refractivity contribution in [3.63, 3.8) is 0 Å². The molecule has 0 fully saturated rings. The van der Waals surface area contributed by atoms with Gasteiger partial charge in [-0.05, 0) is 82.0 Å². The molecule has 0 amide bonds. The quantitative estimate of drug-likeness (QED) is 0.260. The molecule has 0 atom stereocenters. The Bertz CT molecular complexity index is 1640. The highest BCUT2D eigenvalue weighted by atomic mass is 15.2. The lowest BCUT2D eigenvalue weighted by atomic mass is 9.68. The monoisotopic (exact) mass is 471 g/mol. The van der Waals surface area contributed by atoms with Crippen LogP contribution in [-0.4, -0.2) is 22.6 Å². The Morgan fingerprint density at radius 2 is 1.47 bits per heavy atom. The largest absolute Gasteiger partial charge is 0.371 e. The molecule has 0 radical (unpaired) electrons. The lowest BCUT2D eigenvalue weighted by Crippen LogP contribution is -2.44. The van der Waals surface area contributed by atoms with Crippen molar-refractivity contribution in [2.24, 2.45) is 0 Å². The lowest BCUT2D eigenvalue weighted by molar-refractivity contribution is 0.404. The molecule has 0 N–H and O–H groups in total. The maximum atomic E-state index is 5.13. The molecule has 36 heavy (non-hydrogen) atoms. The van der Waals surface area contributed by atoms with Gasteiger partial charge < -0.3 is 4.90 Å². The van der Waals surface area contributed by atoms with Crippen LogP contribution in [0.4, 0.5) is 5.69 Å². The minimum absolute atomic E-state index is 0.159. The summed E-state index contributed by atoms with van der Waals surface area (Å²) in [7, 11) is 0. The second-order valence-electron chi connectivity index (χ2n) is 11.9. The predicted molar refractivity (Wildman–Crippen MR) is 152 cm³/mol. The van der Waals surface area contributed by atoms with Gasteiger partial charge in [0.15, 0.2) is 0 Å². The van der Waals surface area contributed by atoms with E-state index in [0.29, 0.717) is 0 Å². The van der Waals surface area contributed by atoms with Crippen LogP contribution in [0, 0.1) is 0 Å². The van der Waals surface area contributed by atoms with Crippen LogP contribution in [-0.2, 0) is 10.8 Å². The van der Waals surface area contributed by atoms with Crippen molar-refractivity contribution in [2.45, 2.75) is 51.4 Å². The number of hydrogen-bond donors (Lipinski definition) is 0. The van der Waals surface area contributed by atoms with Gasteiger partial charge in [-0.15, -0.1) is 0 Å². The third-order valence-corrected chi connectivity index (χ3v) is 8.68. The molecule has 180 valence electrons. The zero-order valence-corrected chi connectivity index (χ0v) is 21.7. The molecule has 5 aromatic rings. The number of imidazole rings is 1. The number of anilines is 1. The van der Waals surface area contributed by atoms with Gasteiger partial charge in [0.05, 0.1) is 11.0 Å². The standard InChI is InChI=1S/C33H33N3/c1-32(2)16-18-35-19-17-33(3,4)29-25-15-14-22(20-23(25)21-26(32)30(29)35)31-34-27-12-8-9-13-28(27)36(31)24-10-6-5-7-11-24/h5-15,20-21H,16-19H2,1-4H3. The van der Waals surface area contributed by atoms with Crippen LogP contribution in [0.1, 0.15) is 51.7 Å². The van der Waals surface area contributed by atoms with Crippen molar-refractivity contribution in [1.29, 1.82) is 0 Å². The molecule has 7 rings (SSSR count). The van der Waals surface area contributed by atoms with E-state index in [4.69, 9.17) is 4.98 Å². The van der Waals surface area contributed by atoms with E-state index in [1.807, 2.05) is 0 Å². The van der Waals surface area contributed by atoms with E-state index in [9.17, 15) is 0 Å². The fourth-order valence-electron chi connectivity index (χ4n) is 6.55. The first-order valence-electron chi connectivity index (χ1n) is 13.2. The minimum Gasteiger partial charge on any atom is -0.371 e. The summed E-state index contributed by atoms with van der Waals surface area (Å²) in [5.74, 6) is 0.996. The number of rotatable bonds is 2. The fourth-order valence-corrected chi connectivity index (χ4v) is 6.55. The van der Waals surface area contributed by atoms with Crippen LogP contribution in [0.25, 0.3) is 38.9 Å². The molecule has 4 aromatic carbocycles. The Hall–Kier alpha value is -3.59. The first kappa shape index (κ1) is 21.7. The van der Waals surface area contributed by atoms with Crippen LogP contribution in [0.3, 0.4) is 0 Å². The summed E-state index contributed by atoms with van der Waals surface area (Å²) in [5, 5.41) is 2.73. The highest BCUT2D eigenvalue weighted by Gasteiger charge is 2.40. The molecule has 0 bridgehead atoms. The maximum Gasteiger partial charge on any atom is 0.145 e. The number of benzene rings is 4. The normalized spacial score (nSPS) is 17.9. The van der Waals surface area contributed by atoms with Crippen molar-refractivity contribution in [2.75, 3.05) is 18.0 Å². The Kier molecular flexibility index (Phi) is 4.49. The Balaban J connectivity index is 1.52. The summed E-state index contributed by atoms with van der Waals surface area (Å²) in [6, 6.07) is 28.6. The highest BCUT2D eigenvalue weighted by molar-refractivity contribution is 5.97. The minimum atomic E-state index is 0.159. The van der Waals surface area contributed by atoms with E-state index < -0.39 is 0 Å². The van der Waals surface area contributed by atoms with Crippen LogP contribution in [0.15, 0.2) is 78.9 Å². The van der Waals surface area contributed by atoms with E-state index in [1.54, 1.807) is 0 Å². The second kappa shape index (κ2) is 7.46. The molecule has 2 aliphatic heterocycles. The van der Waals surface area contributed by atoms with E-state index in [0.717, 1.165) is 41.2 Å². The zero-order valence-electron chi connectivity index (χ0n) is 21.7. The number of nitrogens with zero attached hydrogens (tertiary/aromatic N) is 3. The number of para-hydroxylation sites is 3. The number of fused-ring (bicyclic) bond motifs is 3. The summed E-state index contributed by atoms with van der Waals surface area (Å²) in [5.41, 5.74) is 9.36. The molecule has 0 saturated heterocycles. The van der Waals surface area contributed by atoms with Gasteiger partial charge in [-0.3, -0.25) is 4.57 Å². The summed E-state index contributed by atoms with van der Waals surface area (Å²) < 4.78 is 2.30. The van der Waals surface area contributed by atoms with E-state index >= 15 is 0 Å². The molecule has 3 heteroatoms. The lowest BCUT2D eigenvalue weighted by Gasteiger charge is -2.48. The first-order chi connectivity index (χ1) is 17.3. The topological polar surface area (TPSA) is 21.1 Å².